The van der Waals surface area contributed by atoms with Crippen molar-refractivity contribution < 1.29 is 13.6 Å². The van der Waals surface area contributed by atoms with Crippen molar-refractivity contribution in [3.63, 3.8) is 0 Å². The Morgan fingerprint density at radius 2 is 2.17 bits per heavy atom. The van der Waals surface area contributed by atoms with Gasteiger partial charge in [0.05, 0.1) is 5.69 Å². The zero-order chi connectivity index (χ0) is 16.8. The summed E-state index contributed by atoms with van der Waals surface area (Å²) < 4.78 is 28.5. The molecule has 0 spiro atoms. The Bertz CT molecular complexity index is 628. The van der Waals surface area contributed by atoms with Gasteiger partial charge in [-0.2, -0.15) is 5.10 Å². The number of amides is 1. The Labute approximate surface area is 140 Å². The number of piperidine rings is 1. The number of anilines is 1. The lowest BCUT2D eigenvalue weighted by Gasteiger charge is -2.41. The van der Waals surface area contributed by atoms with Crippen LogP contribution < -0.4 is 5.32 Å². The molecule has 1 aromatic heterocycles. The van der Waals surface area contributed by atoms with Crippen LogP contribution >= 0.6 is 0 Å². The van der Waals surface area contributed by atoms with E-state index in [-0.39, 0.29) is 23.8 Å². The number of halogens is 2. The molecule has 3 aliphatic rings. The fourth-order valence-corrected chi connectivity index (χ4v) is 4.13. The number of carbonyl (C=O) groups excluding carboxylic acids is 1. The molecule has 0 aromatic carbocycles. The van der Waals surface area contributed by atoms with E-state index in [9.17, 15) is 13.6 Å². The first kappa shape index (κ1) is 15.8. The number of fused-ring (bicyclic) bond motifs is 1. The lowest BCUT2D eigenvalue weighted by atomic mass is 9.86. The molecule has 1 saturated carbocycles. The van der Waals surface area contributed by atoms with Crippen molar-refractivity contribution >= 4 is 11.7 Å². The quantitative estimate of drug-likeness (QED) is 0.922. The summed E-state index contributed by atoms with van der Waals surface area (Å²) in [5.41, 5.74) is 0.748. The van der Waals surface area contributed by atoms with Crippen molar-refractivity contribution in [1.29, 1.82) is 0 Å². The van der Waals surface area contributed by atoms with E-state index in [2.05, 4.69) is 10.4 Å². The van der Waals surface area contributed by atoms with E-state index in [1.165, 1.54) is 4.68 Å². The molecule has 2 aliphatic heterocycles. The van der Waals surface area contributed by atoms with Crippen LogP contribution in [-0.4, -0.2) is 46.1 Å². The van der Waals surface area contributed by atoms with Crippen LogP contribution in [0.2, 0.25) is 0 Å². The highest BCUT2D eigenvalue weighted by atomic mass is 19.3. The molecule has 132 valence electrons. The van der Waals surface area contributed by atoms with Crippen LogP contribution in [0.5, 0.6) is 0 Å². The molecule has 0 bridgehead atoms. The van der Waals surface area contributed by atoms with Gasteiger partial charge in [0, 0.05) is 31.1 Å². The van der Waals surface area contributed by atoms with Crippen LogP contribution in [0.4, 0.5) is 14.6 Å². The number of alkyl halides is 2. The zero-order valence-electron chi connectivity index (χ0n) is 13.9. The standard InChI is InChI=1S/C17H24F2N4O/c1-10-7-15-20-13(8-14(16(18)19)23(15)21-10)12-3-2-6-22(9-12)17(24)11-4-5-11/h7,11-14,16,20H,2-6,8-9H2,1H3/t12-,13-,14+/m0/s1. The topological polar surface area (TPSA) is 50.2 Å². The van der Waals surface area contributed by atoms with Gasteiger partial charge in [0.1, 0.15) is 11.9 Å². The molecule has 2 fully saturated rings. The molecule has 1 N–H and O–H groups in total. The second kappa shape index (κ2) is 6.01. The molecule has 7 heteroatoms. The van der Waals surface area contributed by atoms with Gasteiger partial charge in [0.2, 0.25) is 5.91 Å². The first-order chi connectivity index (χ1) is 11.5. The van der Waals surface area contributed by atoms with Crippen molar-refractivity contribution in [2.45, 2.75) is 57.5 Å². The summed E-state index contributed by atoms with van der Waals surface area (Å²) in [4.78, 5) is 14.3. The first-order valence-electron chi connectivity index (χ1n) is 8.92. The molecule has 5 nitrogen and oxygen atoms in total. The molecule has 24 heavy (non-hydrogen) atoms. The predicted octanol–water partition coefficient (Wildman–Crippen LogP) is 2.83. The molecule has 1 saturated heterocycles. The van der Waals surface area contributed by atoms with E-state index < -0.39 is 12.5 Å². The van der Waals surface area contributed by atoms with Gasteiger partial charge in [-0.3, -0.25) is 4.79 Å². The maximum absolute atomic E-state index is 13.5. The highest BCUT2D eigenvalue weighted by Crippen LogP contribution is 2.38. The number of rotatable bonds is 3. The van der Waals surface area contributed by atoms with Gasteiger partial charge in [0.15, 0.2) is 0 Å². The fraction of sp³-hybridized carbons (Fsp3) is 0.765. The monoisotopic (exact) mass is 338 g/mol. The third kappa shape index (κ3) is 2.89. The molecule has 0 unspecified atom stereocenters. The Morgan fingerprint density at radius 3 is 2.88 bits per heavy atom. The minimum Gasteiger partial charge on any atom is -0.367 e. The molecule has 1 amide bonds. The van der Waals surface area contributed by atoms with E-state index in [4.69, 9.17) is 0 Å². The van der Waals surface area contributed by atoms with Crippen molar-refractivity contribution in [2.24, 2.45) is 11.8 Å². The Kier molecular flexibility index (Phi) is 3.96. The van der Waals surface area contributed by atoms with Gasteiger partial charge >= 0.3 is 0 Å². The van der Waals surface area contributed by atoms with Crippen LogP contribution in [0.1, 0.15) is 43.8 Å². The fourth-order valence-electron chi connectivity index (χ4n) is 4.13. The van der Waals surface area contributed by atoms with Crippen molar-refractivity contribution in [2.75, 3.05) is 18.4 Å². The third-order valence-electron chi connectivity index (χ3n) is 5.56. The van der Waals surface area contributed by atoms with E-state index in [1.54, 1.807) is 0 Å². The van der Waals surface area contributed by atoms with Crippen molar-refractivity contribution in [3.05, 3.63) is 11.8 Å². The van der Waals surface area contributed by atoms with E-state index >= 15 is 0 Å². The molecule has 1 aliphatic carbocycles. The van der Waals surface area contributed by atoms with Crippen LogP contribution in [0.25, 0.3) is 0 Å². The van der Waals surface area contributed by atoms with E-state index in [0.29, 0.717) is 18.8 Å². The van der Waals surface area contributed by atoms with Crippen LogP contribution in [0, 0.1) is 18.8 Å². The largest absolute Gasteiger partial charge is 0.367 e. The molecule has 4 rings (SSSR count). The number of hydrogen-bond acceptors (Lipinski definition) is 3. The molecule has 0 radical (unpaired) electrons. The smallest absolute Gasteiger partial charge is 0.260 e. The molecule has 3 heterocycles. The van der Waals surface area contributed by atoms with Crippen LogP contribution in [-0.2, 0) is 4.79 Å². The minimum atomic E-state index is -2.43. The molecular weight excluding hydrogens is 314 g/mol. The van der Waals surface area contributed by atoms with Crippen molar-refractivity contribution in [3.8, 4) is 0 Å². The Hall–Kier alpha value is -1.66. The number of likely N-dealkylation sites (tertiary alicyclic amines) is 1. The van der Waals surface area contributed by atoms with Gasteiger partial charge in [-0.25, -0.2) is 13.5 Å². The Balaban J connectivity index is 1.50. The summed E-state index contributed by atoms with van der Waals surface area (Å²) in [5.74, 6) is 1.40. The second-order valence-electron chi connectivity index (χ2n) is 7.46. The summed E-state index contributed by atoms with van der Waals surface area (Å²) in [5, 5.41) is 7.62. The summed E-state index contributed by atoms with van der Waals surface area (Å²) in [7, 11) is 0. The summed E-state index contributed by atoms with van der Waals surface area (Å²) in [6.45, 7) is 3.32. The minimum absolute atomic E-state index is 0.0256. The van der Waals surface area contributed by atoms with Crippen LogP contribution in [0.3, 0.4) is 0 Å². The average Bonchev–Trinajstić information content (AvgIpc) is 3.34. The molecular formula is C17H24F2N4O. The van der Waals surface area contributed by atoms with Crippen molar-refractivity contribution in [1.82, 2.24) is 14.7 Å². The Morgan fingerprint density at radius 1 is 1.38 bits per heavy atom. The number of carbonyl (C=O) groups is 1. The zero-order valence-corrected chi connectivity index (χ0v) is 13.9. The third-order valence-corrected chi connectivity index (χ3v) is 5.56. The van der Waals surface area contributed by atoms with E-state index in [0.717, 1.165) is 37.9 Å². The molecule has 1 aromatic rings. The first-order valence-corrected chi connectivity index (χ1v) is 8.92. The lowest BCUT2D eigenvalue weighted by Crippen LogP contribution is -2.48. The average molecular weight is 338 g/mol. The second-order valence-corrected chi connectivity index (χ2v) is 7.46. The summed E-state index contributed by atoms with van der Waals surface area (Å²) >= 11 is 0. The lowest BCUT2D eigenvalue weighted by molar-refractivity contribution is -0.134. The predicted molar refractivity (Wildman–Crippen MR) is 86.1 cm³/mol. The number of hydrogen-bond donors (Lipinski definition) is 1. The highest BCUT2D eigenvalue weighted by Gasteiger charge is 2.40. The molecule has 3 atom stereocenters. The number of nitrogens with one attached hydrogen (secondary N) is 1. The maximum atomic E-state index is 13.5. The highest BCUT2D eigenvalue weighted by molar-refractivity contribution is 5.81. The normalized spacial score (nSPS) is 30.2. The van der Waals surface area contributed by atoms with Gasteiger partial charge in [0.25, 0.3) is 6.43 Å². The summed E-state index contributed by atoms with van der Waals surface area (Å²) in [6.07, 6.45) is 1.89. The number of nitrogens with zero attached hydrogens (tertiary/aromatic N) is 3. The number of aryl methyl sites for hydroxylation is 1. The van der Waals surface area contributed by atoms with Gasteiger partial charge in [-0.1, -0.05) is 0 Å². The van der Waals surface area contributed by atoms with E-state index in [1.807, 2.05) is 17.9 Å². The van der Waals surface area contributed by atoms with Gasteiger partial charge < -0.3 is 10.2 Å². The SMILES string of the molecule is Cc1cc2n(n1)[C@@H](C(F)F)C[C@@H]([C@H]1CCCN(C(=O)C3CC3)C1)N2. The summed E-state index contributed by atoms with van der Waals surface area (Å²) in [6, 6.07) is 0.925. The van der Waals surface area contributed by atoms with Gasteiger partial charge in [-0.05, 0) is 44.9 Å². The van der Waals surface area contributed by atoms with Gasteiger partial charge in [-0.15, -0.1) is 0 Å². The maximum Gasteiger partial charge on any atom is 0.260 e. The van der Waals surface area contributed by atoms with Crippen LogP contribution in [0.15, 0.2) is 6.07 Å². The number of aromatic nitrogens is 2.